The quantitative estimate of drug-likeness (QED) is 0.870. The minimum Gasteiger partial charge on any atom is -0.324 e. The summed E-state index contributed by atoms with van der Waals surface area (Å²) >= 11 is 0. The van der Waals surface area contributed by atoms with Crippen molar-refractivity contribution in [2.75, 3.05) is 5.32 Å². The van der Waals surface area contributed by atoms with Gasteiger partial charge in [-0.15, -0.1) is 0 Å². The molecule has 1 saturated heterocycles. The first-order chi connectivity index (χ1) is 12.7. The van der Waals surface area contributed by atoms with Crippen molar-refractivity contribution in [1.82, 2.24) is 4.31 Å². The fourth-order valence-corrected chi connectivity index (χ4v) is 4.64. The van der Waals surface area contributed by atoms with Gasteiger partial charge in [-0.1, -0.05) is 6.07 Å². The Hall–Kier alpha value is -2.74. The number of amides is 2. The topological polar surface area (TPSA) is 83.6 Å². The molecule has 0 aliphatic carbocycles. The minimum atomic E-state index is -4.16. The van der Waals surface area contributed by atoms with E-state index in [2.05, 4.69) is 5.32 Å². The van der Waals surface area contributed by atoms with Gasteiger partial charge in [-0.25, -0.2) is 17.1 Å². The summed E-state index contributed by atoms with van der Waals surface area (Å²) in [6.07, 6.45) is 0.0571. The molecule has 142 valence electrons. The van der Waals surface area contributed by atoms with Crippen LogP contribution in [0.2, 0.25) is 0 Å². The van der Waals surface area contributed by atoms with E-state index in [0.717, 1.165) is 11.1 Å². The smallest absolute Gasteiger partial charge is 0.267 e. The van der Waals surface area contributed by atoms with Gasteiger partial charge < -0.3 is 5.32 Å². The summed E-state index contributed by atoms with van der Waals surface area (Å²) in [5.41, 5.74) is 2.02. The Morgan fingerprint density at radius 2 is 1.78 bits per heavy atom. The maximum absolute atomic E-state index is 13.0. The summed E-state index contributed by atoms with van der Waals surface area (Å²) in [4.78, 5) is 24.8. The van der Waals surface area contributed by atoms with Crippen LogP contribution in [0.3, 0.4) is 0 Å². The summed E-state index contributed by atoms with van der Waals surface area (Å²) in [7, 11) is -4.16. The van der Waals surface area contributed by atoms with E-state index in [1.807, 2.05) is 6.92 Å². The maximum Gasteiger partial charge on any atom is 0.267 e. The van der Waals surface area contributed by atoms with Crippen molar-refractivity contribution in [3.63, 3.8) is 0 Å². The molecule has 1 atom stereocenters. The molecule has 0 saturated carbocycles. The summed E-state index contributed by atoms with van der Waals surface area (Å²) < 4.78 is 39.7. The number of anilines is 1. The van der Waals surface area contributed by atoms with E-state index < -0.39 is 33.7 Å². The molecule has 0 bridgehead atoms. The van der Waals surface area contributed by atoms with E-state index in [9.17, 15) is 22.4 Å². The molecule has 1 aliphatic rings. The third kappa shape index (κ3) is 3.71. The van der Waals surface area contributed by atoms with E-state index in [-0.39, 0.29) is 17.7 Å². The average molecular weight is 390 g/mol. The van der Waals surface area contributed by atoms with E-state index in [4.69, 9.17) is 0 Å². The van der Waals surface area contributed by atoms with E-state index in [1.165, 1.54) is 36.4 Å². The van der Waals surface area contributed by atoms with Gasteiger partial charge in [0.1, 0.15) is 11.9 Å². The number of carbonyl (C=O) groups is 2. The molecule has 8 heteroatoms. The second kappa shape index (κ2) is 7.11. The molecule has 0 spiro atoms. The lowest BCUT2D eigenvalue weighted by Crippen LogP contribution is -2.45. The van der Waals surface area contributed by atoms with E-state index >= 15 is 0 Å². The molecule has 1 heterocycles. The van der Waals surface area contributed by atoms with Crippen molar-refractivity contribution in [3.05, 3.63) is 59.4 Å². The van der Waals surface area contributed by atoms with E-state index in [0.29, 0.717) is 9.99 Å². The molecule has 6 nitrogen and oxygen atoms in total. The highest BCUT2D eigenvalue weighted by molar-refractivity contribution is 7.89. The fraction of sp³-hybridized carbons (Fsp3) is 0.263. The number of benzene rings is 2. The molecule has 3 rings (SSSR count). The molecule has 1 aliphatic heterocycles. The highest BCUT2D eigenvalue weighted by Gasteiger charge is 2.44. The monoisotopic (exact) mass is 390 g/mol. The van der Waals surface area contributed by atoms with Gasteiger partial charge in [-0.2, -0.15) is 0 Å². The Bertz CT molecular complexity index is 1000. The Balaban J connectivity index is 1.90. The molecule has 2 aromatic rings. The Kier molecular flexibility index (Phi) is 5.01. The van der Waals surface area contributed by atoms with Crippen LogP contribution in [0.5, 0.6) is 0 Å². The lowest BCUT2D eigenvalue weighted by molar-refractivity contribution is -0.128. The predicted molar refractivity (Wildman–Crippen MR) is 98.0 cm³/mol. The molecular weight excluding hydrogens is 371 g/mol. The van der Waals surface area contributed by atoms with Gasteiger partial charge in [0.2, 0.25) is 11.8 Å². The van der Waals surface area contributed by atoms with Crippen molar-refractivity contribution in [1.29, 1.82) is 0 Å². The normalized spacial score (nSPS) is 17.2. The van der Waals surface area contributed by atoms with Crippen LogP contribution >= 0.6 is 0 Å². The molecule has 1 N–H and O–H groups in total. The highest BCUT2D eigenvalue weighted by atomic mass is 32.2. The molecule has 2 amide bonds. The number of nitrogens with one attached hydrogen (secondary N) is 1. The van der Waals surface area contributed by atoms with Crippen LogP contribution in [-0.4, -0.2) is 30.6 Å². The molecule has 2 aromatic carbocycles. The van der Waals surface area contributed by atoms with Gasteiger partial charge in [0.05, 0.1) is 4.90 Å². The molecule has 0 aromatic heterocycles. The van der Waals surface area contributed by atoms with Crippen molar-refractivity contribution in [2.45, 2.75) is 37.6 Å². The van der Waals surface area contributed by atoms with Gasteiger partial charge in [-0.3, -0.25) is 9.59 Å². The summed E-state index contributed by atoms with van der Waals surface area (Å²) in [6.45, 7) is 3.63. The van der Waals surface area contributed by atoms with Crippen molar-refractivity contribution < 1.29 is 22.4 Å². The molecular formula is C19H19FN2O4S. The predicted octanol–water partition coefficient (Wildman–Crippen LogP) is 2.76. The first-order valence-corrected chi connectivity index (χ1v) is 9.85. The maximum atomic E-state index is 13.0. The van der Waals surface area contributed by atoms with Crippen molar-refractivity contribution >= 4 is 27.5 Å². The fourth-order valence-electron chi connectivity index (χ4n) is 2.95. The number of hydrogen-bond donors (Lipinski definition) is 1. The Morgan fingerprint density at radius 3 is 2.41 bits per heavy atom. The van der Waals surface area contributed by atoms with Crippen LogP contribution < -0.4 is 5.32 Å². The van der Waals surface area contributed by atoms with Crippen LogP contribution in [0.4, 0.5) is 10.1 Å². The average Bonchev–Trinajstić information content (AvgIpc) is 3.01. The van der Waals surface area contributed by atoms with Gasteiger partial charge in [0, 0.05) is 12.1 Å². The van der Waals surface area contributed by atoms with Crippen LogP contribution in [0.25, 0.3) is 0 Å². The van der Waals surface area contributed by atoms with Gasteiger partial charge in [0.25, 0.3) is 10.0 Å². The minimum absolute atomic E-state index is 0.0274. The lowest BCUT2D eigenvalue weighted by atomic mass is 10.1. The number of rotatable bonds is 4. The number of halogens is 1. The zero-order valence-electron chi connectivity index (χ0n) is 14.9. The largest absolute Gasteiger partial charge is 0.324 e. The zero-order chi connectivity index (χ0) is 19.8. The molecule has 0 radical (unpaired) electrons. The van der Waals surface area contributed by atoms with Crippen molar-refractivity contribution in [2.24, 2.45) is 0 Å². The highest BCUT2D eigenvalue weighted by Crippen LogP contribution is 2.29. The third-order valence-electron chi connectivity index (χ3n) is 4.61. The summed E-state index contributed by atoms with van der Waals surface area (Å²) in [5.74, 6) is -1.70. The number of nitrogens with zero attached hydrogens (tertiary/aromatic N) is 1. The van der Waals surface area contributed by atoms with Crippen LogP contribution in [0.1, 0.15) is 24.0 Å². The standard InChI is InChI=1S/C19H19FN2O4S/c1-12-3-8-16(11-13(12)2)27(25,26)22-17(9-10-18(22)23)19(24)21-15-6-4-14(20)5-7-15/h3-8,11,17H,9-10H2,1-2H3,(H,21,24). The number of aryl methyl sites for hydroxylation is 2. The van der Waals surface area contributed by atoms with Crippen molar-refractivity contribution in [3.8, 4) is 0 Å². The molecule has 27 heavy (non-hydrogen) atoms. The SMILES string of the molecule is Cc1ccc(S(=O)(=O)N2C(=O)CCC2C(=O)Nc2ccc(F)cc2)cc1C. The molecule has 1 unspecified atom stereocenters. The van der Waals surface area contributed by atoms with E-state index in [1.54, 1.807) is 13.0 Å². The third-order valence-corrected chi connectivity index (χ3v) is 6.44. The number of sulfonamides is 1. The summed E-state index contributed by atoms with van der Waals surface area (Å²) in [6, 6.07) is 8.53. The lowest BCUT2D eigenvalue weighted by Gasteiger charge is -2.24. The zero-order valence-corrected chi connectivity index (χ0v) is 15.7. The van der Waals surface area contributed by atoms with Gasteiger partial charge in [-0.05, 0) is 67.8 Å². The first-order valence-electron chi connectivity index (χ1n) is 8.41. The van der Waals surface area contributed by atoms with Crippen LogP contribution in [0.15, 0.2) is 47.4 Å². The second-order valence-corrected chi connectivity index (χ2v) is 8.31. The van der Waals surface area contributed by atoms with Gasteiger partial charge in [0.15, 0.2) is 0 Å². The second-order valence-electron chi connectivity index (χ2n) is 6.49. The van der Waals surface area contributed by atoms with Gasteiger partial charge >= 0.3 is 0 Å². The Labute approximate surface area is 157 Å². The Morgan fingerprint density at radius 1 is 1.11 bits per heavy atom. The van der Waals surface area contributed by atoms with Crippen LogP contribution in [-0.2, 0) is 19.6 Å². The summed E-state index contributed by atoms with van der Waals surface area (Å²) in [5, 5.41) is 2.54. The van der Waals surface area contributed by atoms with Crippen LogP contribution in [0, 0.1) is 19.7 Å². The molecule has 1 fully saturated rings. The first kappa shape index (κ1) is 19.0. The number of hydrogen-bond acceptors (Lipinski definition) is 4. The number of carbonyl (C=O) groups excluding carboxylic acids is 2.